The maximum Gasteiger partial charge on any atom is 0.248 e. The highest BCUT2D eigenvalue weighted by Crippen LogP contribution is 2.40. The van der Waals surface area contributed by atoms with E-state index in [2.05, 4.69) is 5.32 Å². The number of fused-ring (bicyclic) bond motifs is 1. The van der Waals surface area contributed by atoms with Crippen molar-refractivity contribution in [2.24, 2.45) is 0 Å². The Labute approximate surface area is 166 Å². The first-order valence-corrected chi connectivity index (χ1v) is 10.1. The van der Waals surface area contributed by atoms with E-state index in [9.17, 15) is 14.0 Å². The van der Waals surface area contributed by atoms with E-state index in [1.165, 1.54) is 17.0 Å². The van der Waals surface area contributed by atoms with Gasteiger partial charge in [0.25, 0.3) is 0 Å². The highest BCUT2D eigenvalue weighted by atomic mass is 32.1. The highest BCUT2D eigenvalue weighted by molar-refractivity contribution is 7.12. The SMILES string of the molecule is O=C(Cc1cc2c(s1)CCN(C(=O)CNC1CC1c1ccc(F)cc1)C2)NO. The van der Waals surface area contributed by atoms with Crippen LogP contribution in [0.3, 0.4) is 0 Å². The number of rotatable bonds is 6. The minimum atomic E-state index is -0.434. The summed E-state index contributed by atoms with van der Waals surface area (Å²) in [6.45, 7) is 1.52. The first-order valence-electron chi connectivity index (χ1n) is 9.33. The second-order valence-electron chi connectivity index (χ2n) is 7.32. The molecule has 2 aromatic rings. The van der Waals surface area contributed by atoms with Gasteiger partial charge in [-0.05, 0) is 42.2 Å². The molecule has 3 N–H and O–H groups in total. The smallest absolute Gasteiger partial charge is 0.248 e. The number of hydrogen-bond acceptors (Lipinski definition) is 5. The molecule has 1 aromatic heterocycles. The number of nitrogens with zero attached hydrogens (tertiary/aromatic N) is 1. The van der Waals surface area contributed by atoms with Gasteiger partial charge >= 0.3 is 0 Å². The minimum Gasteiger partial charge on any atom is -0.337 e. The Bertz CT molecular complexity index is 883. The van der Waals surface area contributed by atoms with Crippen molar-refractivity contribution in [1.29, 1.82) is 0 Å². The fourth-order valence-corrected chi connectivity index (χ4v) is 4.89. The molecule has 8 heteroatoms. The molecule has 0 spiro atoms. The standard InChI is InChI=1S/C20H22FN3O3S/c21-14-3-1-12(2-4-14)16-9-17(16)22-10-20(26)24-6-5-18-13(11-24)7-15(28-18)8-19(25)23-27/h1-4,7,16-17,22,27H,5-6,8-11H2,(H,23,25). The van der Waals surface area contributed by atoms with Crippen LogP contribution in [0.25, 0.3) is 0 Å². The zero-order chi connectivity index (χ0) is 19.7. The van der Waals surface area contributed by atoms with Crippen molar-refractivity contribution in [2.75, 3.05) is 13.1 Å². The minimum absolute atomic E-state index is 0.0660. The molecular formula is C20H22FN3O3S. The van der Waals surface area contributed by atoms with E-state index >= 15 is 0 Å². The predicted molar refractivity (Wildman–Crippen MR) is 103 cm³/mol. The molecule has 0 radical (unpaired) electrons. The molecule has 2 heterocycles. The summed E-state index contributed by atoms with van der Waals surface area (Å²) in [4.78, 5) is 27.8. The van der Waals surface area contributed by atoms with Crippen LogP contribution >= 0.6 is 11.3 Å². The van der Waals surface area contributed by atoms with Crippen molar-refractivity contribution in [3.63, 3.8) is 0 Å². The summed E-state index contributed by atoms with van der Waals surface area (Å²) in [5.41, 5.74) is 3.84. The Morgan fingerprint density at radius 3 is 2.82 bits per heavy atom. The molecular weight excluding hydrogens is 381 g/mol. The van der Waals surface area contributed by atoms with E-state index in [0.717, 1.165) is 28.8 Å². The molecule has 0 saturated heterocycles. The number of benzene rings is 1. The first kappa shape index (κ1) is 19.0. The van der Waals surface area contributed by atoms with Crippen LogP contribution in [-0.4, -0.2) is 41.1 Å². The van der Waals surface area contributed by atoms with Gasteiger partial charge < -0.3 is 10.2 Å². The molecule has 2 atom stereocenters. The van der Waals surface area contributed by atoms with Crippen LogP contribution in [0, 0.1) is 5.82 Å². The topological polar surface area (TPSA) is 81.7 Å². The number of hydrogen-bond donors (Lipinski definition) is 3. The Hall–Kier alpha value is -2.29. The molecule has 2 aliphatic rings. The lowest BCUT2D eigenvalue weighted by atomic mass is 10.1. The van der Waals surface area contributed by atoms with Crippen LogP contribution in [0.5, 0.6) is 0 Å². The van der Waals surface area contributed by atoms with E-state index < -0.39 is 5.91 Å². The molecule has 148 valence electrons. The number of nitrogens with one attached hydrogen (secondary N) is 2. The molecule has 1 saturated carbocycles. The zero-order valence-electron chi connectivity index (χ0n) is 15.3. The van der Waals surface area contributed by atoms with Crippen molar-refractivity contribution >= 4 is 23.2 Å². The Kier molecular flexibility index (Phi) is 5.43. The van der Waals surface area contributed by atoms with Gasteiger partial charge in [0.1, 0.15) is 5.82 Å². The summed E-state index contributed by atoms with van der Waals surface area (Å²) < 4.78 is 13.0. The average Bonchev–Trinajstić information content (AvgIpc) is 3.36. The van der Waals surface area contributed by atoms with E-state index in [4.69, 9.17) is 5.21 Å². The number of thiophene rings is 1. The van der Waals surface area contributed by atoms with E-state index in [1.54, 1.807) is 28.9 Å². The largest absolute Gasteiger partial charge is 0.337 e. The number of carbonyl (C=O) groups excluding carboxylic acids is 2. The van der Waals surface area contributed by atoms with E-state index in [1.807, 2.05) is 11.0 Å². The fourth-order valence-electron chi connectivity index (χ4n) is 3.72. The van der Waals surface area contributed by atoms with Gasteiger partial charge in [0.2, 0.25) is 11.8 Å². The lowest BCUT2D eigenvalue weighted by molar-refractivity contribution is -0.131. The summed E-state index contributed by atoms with van der Waals surface area (Å²) in [5.74, 6) is -0.257. The monoisotopic (exact) mass is 403 g/mol. The molecule has 2 amide bonds. The number of hydroxylamine groups is 1. The molecule has 0 bridgehead atoms. The summed E-state index contributed by atoms with van der Waals surface area (Å²) >= 11 is 1.57. The van der Waals surface area contributed by atoms with Gasteiger partial charge in [-0.2, -0.15) is 0 Å². The quantitative estimate of drug-likeness (QED) is 0.509. The van der Waals surface area contributed by atoms with Crippen molar-refractivity contribution < 1.29 is 19.2 Å². The second-order valence-corrected chi connectivity index (χ2v) is 8.54. The zero-order valence-corrected chi connectivity index (χ0v) is 16.1. The molecule has 6 nitrogen and oxygen atoms in total. The number of amides is 2. The molecule has 1 aromatic carbocycles. The van der Waals surface area contributed by atoms with Crippen LogP contribution in [-0.2, 0) is 29.0 Å². The van der Waals surface area contributed by atoms with Gasteiger partial charge in [-0.25, -0.2) is 9.87 Å². The molecule has 28 heavy (non-hydrogen) atoms. The molecule has 1 aliphatic carbocycles. The van der Waals surface area contributed by atoms with Crippen molar-refractivity contribution in [3.8, 4) is 0 Å². The van der Waals surface area contributed by atoms with Crippen LogP contribution in [0.1, 0.15) is 33.2 Å². The van der Waals surface area contributed by atoms with Crippen LogP contribution in [0.15, 0.2) is 30.3 Å². The Morgan fingerprint density at radius 1 is 1.29 bits per heavy atom. The normalized spacial score (nSPS) is 20.6. The van der Waals surface area contributed by atoms with Gasteiger partial charge in [-0.15, -0.1) is 11.3 Å². The first-order chi connectivity index (χ1) is 13.5. The maximum atomic E-state index is 13.0. The summed E-state index contributed by atoms with van der Waals surface area (Å²) in [7, 11) is 0. The third-order valence-corrected chi connectivity index (χ3v) is 6.57. The summed E-state index contributed by atoms with van der Waals surface area (Å²) in [5, 5.41) is 12.0. The maximum absolute atomic E-state index is 13.0. The summed E-state index contributed by atoms with van der Waals surface area (Å²) in [6, 6.07) is 8.77. The van der Waals surface area contributed by atoms with E-state index in [0.29, 0.717) is 25.6 Å². The predicted octanol–water partition coefficient (Wildman–Crippen LogP) is 1.97. The van der Waals surface area contributed by atoms with E-state index in [-0.39, 0.29) is 24.2 Å². The third kappa shape index (κ3) is 4.24. The molecule has 1 aliphatic heterocycles. The van der Waals surface area contributed by atoms with Gasteiger partial charge in [0.05, 0.1) is 13.0 Å². The van der Waals surface area contributed by atoms with Crippen molar-refractivity contribution in [3.05, 3.63) is 57.0 Å². The van der Waals surface area contributed by atoms with Crippen molar-refractivity contribution in [1.82, 2.24) is 15.7 Å². The fraction of sp³-hybridized carbons (Fsp3) is 0.400. The van der Waals surface area contributed by atoms with Gasteiger partial charge in [0, 0.05) is 34.8 Å². The Morgan fingerprint density at radius 2 is 2.07 bits per heavy atom. The number of carbonyl (C=O) groups is 2. The molecule has 1 fully saturated rings. The highest BCUT2D eigenvalue weighted by Gasteiger charge is 2.38. The molecule has 4 rings (SSSR count). The third-order valence-electron chi connectivity index (χ3n) is 5.33. The second kappa shape index (κ2) is 7.98. The van der Waals surface area contributed by atoms with Gasteiger partial charge in [-0.1, -0.05) is 12.1 Å². The van der Waals surface area contributed by atoms with Crippen LogP contribution in [0.4, 0.5) is 4.39 Å². The van der Waals surface area contributed by atoms with Crippen LogP contribution in [0.2, 0.25) is 0 Å². The lowest BCUT2D eigenvalue weighted by Crippen LogP contribution is -2.41. The Balaban J connectivity index is 1.27. The molecule has 2 unspecified atom stereocenters. The number of halogens is 1. The lowest BCUT2D eigenvalue weighted by Gasteiger charge is -2.27. The summed E-state index contributed by atoms with van der Waals surface area (Å²) in [6.07, 6.45) is 1.90. The van der Waals surface area contributed by atoms with Crippen molar-refractivity contribution in [2.45, 2.75) is 37.8 Å². The average molecular weight is 403 g/mol. The van der Waals surface area contributed by atoms with Gasteiger partial charge in [0.15, 0.2) is 0 Å². The van der Waals surface area contributed by atoms with Crippen LogP contribution < -0.4 is 10.8 Å². The van der Waals surface area contributed by atoms with Gasteiger partial charge in [-0.3, -0.25) is 14.8 Å².